The summed E-state index contributed by atoms with van der Waals surface area (Å²) in [7, 11) is -4.00. The van der Waals surface area contributed by atoms with Gasteiger partial charge in [-0.25, -0.2) is 27.6 Å². The van der Waals surface area contributed by atoms with Gasteiger partial charge in [0.2, 0.25) is 15.9 Å². The number of H-pyrrole nitrogens is 1. The summed E-state index contributed by atoms with van der Waals surface area (Å²) in [6.45, 7) is 3.67. The normalized spacial score (nSPS) is 18.6. The predicted octanol–water partition coefficient (Wildman–Crippen LogP) is 3.44. The van der Waals surface area contributed by atoms with E-state index in [9.17, 15) is 27.9 Å². The van der Waals surface area contributed by atoms with Crippen molar-refractivity contribution in [2.75, 3.05) is 18.5 Å². The van der Waals surface area contributed by atoms with Crippen LogP contribution >= 0.6 is 23.5 Å². The van der Waals surface area contributed by atoms with E-state index in [1.165, 1.54) is 34.7 Å². The summed E-state index contributed by atoms with van der Waals surface area (Å²) in [5.74, 6) is -1.49. The lowest BCUT2D eigenvalue weighted by atomic mass is 10.1. The Morgan fingerprint density at radius 2 is 1.98 bits per heavy atom. The van der Waals surface area contributed by atoms with Gasteiger partial charge in [0, 0.05) is 29.8 Å². The molecule has 50 heavy (non-hydrogen) atoms. The van der Waals surface area contributed by atoms with Crippen LogP contribution in [0.5, 0.6) is 0 Å². The van der Waals surface area contributed by atoms with Crippen molar-refractivity contribution in [2.45, 2.75) is 93.0 Å². The first-order valence-corrected chi connectivity index (χ1v) is 19.2. The smallest absolute Gasteiger partial charge is 0.326 e. The maximum Gasteiger partial charge on any atom is 0.326 e. The molecule has 14 nitrogen and oxygen atoms in total. The molecule has 17 heteroatoms. The number of aryl methyl sites for hydroxylation is 2. The van der Waals surface area contributed by atoms with Gasteiger partial charge in [0.25, 0.3) is 0 Å². The molecule has 1 amide bonds. The van der Waals surface area contributed by atoms with Gasteiger partial charge in [0.15, 0.2) is 0 Å². The summed E-state index contributed by atoms with van der Waals surface area (Å²) in [6, 6.07) is 10.8. The number of nitrogens with zero attached hydrogens (tertiary/aromatic N) is 2. The van der Waals surface area contributed by atoms with Crippen molar-refractivity contribution in [1.29, 1.82) is 0 Å². The number of esters is 1. The molecule has 0 spiro atoms. The van der Waals surface area contributed by atoms with Crippen molar-refractivity contribution in [1.82, 2.24) is 29.6 Å². The molecular weight excluding hydrogens is 706 g/mol. The Hall–Kier alpha value is -3.67. The zero-order valence-corrected chi connectivity index (χ0v) is 30.2. The van der Waals surface area contributed by atoms with E-state index in [-0.39, 0.29) is 42.1 Å². The zero-order valence-electron chi connectivity index (χ0n) is 27.8. The SMILES string of the molecule is CCOC(=O)C(CCc1ncc(CNS(=O)(=O)c2cc3c(cc2Cl)NC(CCc2ccccc2)NS3)[nH]1)N[C@@H](C)C(=O)N1CCC[C@H]1C(=O)O. The topological polar surface area (TPSA) is 195 Å². The van der Waals surface area contributed by atoms with Crippen molar-refractivity contribution in [3.8, 4) is 0 Å². The van der Waals surface area contributed by atoms with Crippen LogP contribution in [-0.4, -0.2) is 83.7 Å². The average Bonchev–Trinajstić information content (AvgIpc) is 3.78. The lowest BCUT2D eigenvalue weighted by molar-refractivity contribution is -0.150. The Morgan fingerprint density at radius 3 is 2.72 bits per heavy atom. The van der Waals surface area contributed by atoms with E-state index in [1.54, 1.807) is 19.9 Å². The van der Waals surface area contributed by atoms with Crippen LogP contribution in [0.4, 0.5) is 5.69 Å². The molecule has 3 heterocycles. The molecular formula is C33H42ClN7O7S2. The van der Waals surface area contributed by atoms with Crippen LogP contribution in [0.1, 0.15) is 56.6 Å². The molecule has 1 aromatic heterocycles. The van der Waals surface area contributed by atoms with Gasteiger partial charge in [-0.05, 0) is 75.6 Å². The first kappa shape index (κ1) is 37.6. The number of carbonyl (C=O) groups excluding carboxylic acids is 2. The number of hydrogen-bond donors (Lipinski definition) is 6. The second kappa shape index (κ2) is 17.0. The number of hydrogen-bond acceptors (Lipinski definition) is 11. The van der Waals surface area contributed by atoms with Crippen LogP contribution in [0.25, 0.3) is 0 Å². The first-order valence-electron chi connectivity index (χ1n) is 16.5. The highest BCUT2D eigenvalue weighted by atomic mass is 35.5. The van der Waals surface area contributed by atoms with E-state index in [1.807, 2.05) is 18.2 Å². The predicted molar refractivity (Wildman–Crippen MR) is 189 cm³/mol. The fraction of sp³-hybridized carbons (Fsp3) is 0.455. The number of rotatable bonds is 16. The van der Waals surface area contributed by atoms with Crippen molar-refractivity contribution >= 4 is 57.1 Å². The lowest BCUT2D eigenvalue weighted by Gasteiger charge is -2.28. The summed E-state index contributed by atoms with van der Waals surface area (Å²) in [5.41, 5.74) is 2.48. The summed E-state index contributed by atoms with van der Waals surface area (Å²) < 4.78 is 37.7. The van der Waals surface area contributed by atoms with Crippen LogP contribution in [0.2, 0.25) is 5.02 Å². The molecule has 5 rings (SSSR count). The number of anilines is 1. The number of amides is 1. The highest BCUT2D eigenvalue weighted by Gasteiger charge is 2.37. The number of benzene rings is 2. The number of carboxylic acid groups (broad SMARTS) is 1. The molecule has 0 saturated carbocycles. The molecule has 2 unspecified atom stereocenters. The third kappa shape index (κ3) is 9.56. The average molecular weight is 748 g/mol. The van der Waals surface area contributed by atoms with E-state index >= 15 is 0 Å². The highest BCUT2D eigenvalue weighted by Crippen LogP contribution is 2.37. The number of carboxylic acids is 1. The number of sulfonamides is 1. The minimum absolute atomic E-state index is 0.0188. The van der Waals surface area contributed by atoms with Gasteiger partial charge in [0.1, 0.15) is 22.8 Å². The van der Waals surface area contributed by atoms with Crippen molar-refractivity contribution in [3.05, 3.63) is 70.8 Å². The van der Waals surface area contributed by atoms with Crippen molar-refractivity contribution in [2.24, 2.45) is 0 Å². The largest absolute Gasteiger partial charge is 0.480 e. The van der Waals surface area contributed by atoms with E-state index in [2.05, 4.69) is 42.2 Å². The van der Waals surface area contributed by atoms with Crippen LogP contribution in [0.3, 0.4) is 0 Å². The maximum atomic E-state index is 13.3. The molecule has 3 aromatic rings. The van der Waals surface area contributed by atoms with Gasteiger partial charge >= 0.3 is 11.9 Å². The number of carbonyl (C=O) groups is 3. The third-order valence-electron chi connectivity index (χ3n) is 8.55. The van der Waals surface area contributed by atoms with Gasteiger partial charge in [-0.15, -0.1) is 0 Å². The van der Waals surface area contributed by atoms with Crippen molar-refractivity contribution < 1.29 is 32.6 Å². The molecule has 1 saturated heterocycles. The molecule has 0 aliphatic carbocycles. The number of aromatic nitrogens is 2. The second-order valence-corrected chi connectivity index (χ2v) is 15.2. The van der Waals surface area contributed by atoms with E-state index < -0.39 is 46.0 Å². The minimum Gasteiger partial charge on any atom is -0.480 e. The fourth-order valence-electron chi connectivity index (χ4n) is 5.95. The number of ether oxygens (including phenoxy) is 1. The second-order valence-electron chi connectivity index (χ2n) is 12.2. The lowest BCUT2D eigenvalue weighted by Crippen LogP contribution is -2.53. The molecule has 0 radical (unpaired) electrons. The van der Waals surface area contributed by atoms with Crippen LogP contribution in [-0.2, 0) is 48.5 Å². The third-order valence-corrected chi connectivity index (χ3v) is 11.4. The summed E-state index contributed by atoms with van der Waals surface area (Å²) >= 11 is 7.83. The number of aliphatic carboxylic acids is 1. The number of likely N-dealkylation sites (tertiary alicyclic amines) is 1. The van der Waals surface area contributed by atoms with E-state index in [4.69, 9.17) is 16.3 Å². The van der Waals surface area contributed by atoms with E-state index in [0.717, 1.165) is 18.5 Å². The number of halogens is 1. The Labute approximate surface area is 300 Å². The number of nitrogens with one attached hydrogen (secondary N) is 5. The molecule has 2 aliphatic rings. The Morgan fingerprint density at radius 1 is 1.20 bits per heavy atom. The van der Waals surface area contributed by atoms with Gasteiger partial charge in [-0.3, -0.25) is 14.9 Å². The van der Waals surface area contributed by atoms with Gasteiger partial charge in [-0.2, -0.15) is 0 Å². The van der Waals surface area contributed by atoms with Gasteiger partial charge < -0.3 is 25.0 Å². The van der Waals surface area contributed by atoms with Crippen LogP contribution < -0.4 is 20.1 Å². The summed E-state index contributed by atoms with van der Waals surface area (Å²) in [6.07, 6.45) is 4.67. The molecule has 2 aromatic carbocycles. The molecule has 0 bridgehead atoms. The summed E-state index contributed by atoms with van der Waals surface area (Å²) in [5, 5.41) is 16.0. The summed E-state index contributed by atoms with van der Waals surface area (Å²) in [4.78, 5) is 46.8. The Bertz CT molecular complexity index is 1780. The molecule has 6 N–H and O–H groups in total. The van der Waals surface area contributed by atoms with Crippen molar-refractivity contribution in [3.63, 3.8) is 0 Å². The first-order chi connectivity index (χ1) is 23.9. The quantitative estimate of drug-likeness (QED) is 0.0925. The van der Waals surface area contributed by atoms with Crippen LogP contribution in [0, 0.1) is 0 Å². The monoisotopic (exact) mass is 747 g/mol. The number of aromatic amines is 1. The van der Waals surface area contributed by atoms with E-state index in [0.29, 0.717) is 35.8 Å². The minimum atomic E-state index is -4.00. The molecule has 270 valence electrons. The zero-order chi connectivity index (χ0) is 35.8. The fourth-order valence-corrected chi connectivity index (χ4v) is 8.43. The molecule has 2 aliphatic heterocycles. The molecule has 1 fully saturated rings. The van der Waals surface area contributed by atoms with Gasteiger partial charge in [0.05, 0.1) is 36.1 Å². The standard InChI is InChI=1S/C33H42ClN7O7S2/c1-3-48-33(45)24(37-20(2)31(42)41-15-7-10-26(41)32(43)44)12-14-29-35-18-22(38-29)19-36-50(46,47)28-17-27-25(16-23(28)34)39-30(40-49-27)13-11-21-8-5-4-6-9-21/h4-6,8-9,16-18,20,24,26,30,36-37,39-40H,3,7,10-15,19H2,1-2H3,(H,35,38)(H,43,44)/t20-,24?,26-,30?/m0/s1. The highest BCUT2D eigenvalue weighted by molar-refractivity contribution is 7.97. The number of fused-ring (bicyclic) bond motifs is 1. The number of imidazole rings is 1. The van der Waals surface area contributed by atoms with Crippen LogP contribution in [0.15, 0.2) is 58.5 Å². The molecule has 4 atom stereocenters. The maximum absolute atomic E-state index is 13.3. The van der Waals surface area contributed by atoms with Gasteiger partial charge in [-0.1, -0.05) is 41.9 Å². The Balaban J connectivity index is 1.15. The Kier molecular flexibility index (Phi) is 12.8.